The Hall–Kier alpha value is -0.760. The number of unbranched alkanes of at least 4 members (excludes halogenated alkanes) is 23. The van der Waals surface area contributed by atoms with Crippen molar-refractivity contribution in [2.75, 3.05) is 40.9 Å². The predicted molar refractivity (Wildman–Crippen MR) is 201 cm³/mol. The molecule has 0 aromatic rings. The smallest absolute Gasteiger partial charge is 0.268 e. The van der Waals surface area contributed by atoms with Crippen LogP contribution in [-0.2, 0) is 18.4 Å². The summed E-state index contributed by atoms with van der Waals surface area (Å²) in [6.07, 6.45) is 33.9. The lowest BCUT2D eigenvalue weighted by atomic mass is 10.0. The van der Waals surface area contributed by atoms with Gasteiger partial charge in [-0.2, -0.15) is 0 Å². The maximum Gasteiger partial charge on any atom is 0.268 e. The van der Waals surface area contributed by atoms with Crippen LogP contribution in [0.4, 0.5) is 0 Å². The molecule has 0 rings (SSSR count). The third-order valence-electron chi connectivity index (χ3n) is 9.00. The quantitative estimate of drug-likeness (QED) is 0.0291. The van der Waals surface area contributed by atoms with E-state index in [1.165, 1.54) is 122 Å². The molecule has 2 N–H and O–H groups in total. The van der Waals surface area contributed by atoms with Gasteiger partial charge in [0.1, 0.15) is 13.2 Å². The standard InChI is InChI=1S/C39H79N2O6P/c1-6-8-10-12-14-16-18-19-20-21-23-24-26-28-30-32-38(42)37(36-47-48(44,45)46-35-34-41(3,4)5)40-39(43)33-31-29-27-25-22-17-15-13-11-9-7-2/h30,32,37-38,42H,6-29,31,33-36H2,1-5H3,(H-,40,43,44,45)/b32-30+. The molecule has 0 heterocycles. The summed E-state index contributed by atoms with van der Waals surface area (Å²) in [5.74, 6) is -0.199. The summed E-state index contributed by atoms with van der Waals surface area (Å²) in [5, 5.41) is 13.7. The number of quaternary nitrogens is 1. The number of hydrogen-bond acceptors (Lipinski definition) is 6. The molecule has 0 aromatic carbocycles. The van der Waals surface area contributed by atoms with E-state index in [0.29, 0.717) is 17.4 Å². The molecule has 0 saturated heterocycles. The summed E-state index contributed by atoms with van der Waals surface area (Å²) in [4.78, 5) is 25.1. The Labute approximate surface area is 297 Å². The van der Waals surface area contributed by atoms with E-state index in [1.54, 1.807) is 6.08 Å². The zero-order chi connectivity index (χ0) is 35.8. The Bertz CT molecular complexity index is 804. The Morgan fingerprint density at radius 2 is 1.12 bits per heavy atom. The summed E-state index contributed by atoms with van der Waals surface area (Å²) in [5.41, 5.74) is 0. The van der Waals surface area contributed by atoms with Gasteiger partial charge in [0.05, 0.1) is 39.9 Å². The summed E-state index contributed by atoms with van der Waals surface area (Å²) in [6.45, 7) is 4.63. The molecule has 0 spiro atoms. The average Bonchev–Trinajstić information content (AvgIpc) is 3.02. The van der Waals surface area contributed by atoms with Gasteiger partial charge in [-0.1, -0.05) is 167 Å². The van der Waals surface area contributed by atoms with Gasteiger partial charge in [-0.25, -0.2) is 0 Å². The lowest BCUT2D eigenvalue weighted by molar-refractivity contribution is -0.870. The fourth-order valence-electron chi connectivity index (χ4n) is 5.74. The van der Waals surface area contributed by atoms with Gasteiger partial charge in [0.2, 0.25) is 5.91 Å². The molecule has 3 atom stereocenters. The molecule has 0 saturated carbocycles. The molecule has 8 nitrogen and oxygen atoms in total. The molecule has 0 aliphatic rings. The topological polar surface area (TPSA) is 108 Å². The van der Waals surface area contributed by atoms with Gasteiger partial charge in [0, 0.05) is 6.42 Å². The zero-order valence-corrected chi connectivity index (χ0v) is 33.1. The van der Waals surface area contributed by atoms with E-state index in [4.69, 9.17) is 9.05 Å². The van der Waals surface area contributed by atoms with Crippen molar-refractivity contribution in [3.8, 4) is 0 Å². The summed E-state index contributed by atoms with van der Waals surface area (Å²) >= 11 is 0. The SMILES string of the molecule is CCCCCCCCCCCCCCC/C=C/C(O)C(COP(=O)([O-])OCC[N+](C)(C)C)NC(=O)CCCCCCCCCCCCC. The van der Waals surface area contributed by atoms with Gasteiger partial charge < -0.3 is 28.8 Å². The van der Waals surface area contributed by atoms with E-state index in [2.05, 4.69) is 19.2 Å². The first kappa shape index (κ1) is 47.2. The molecule has 0 aromatic heterocycles. The molecule has 0 aliphatic heterocycles. The molecule has 9 heteroatoms. The summed E-state index contributed by atoms with van der Waals surface area (Å²) < 4.78 is 23.1. The Kier molecular flexibility index (Phi) is 31.7. The average molecular weight is 703 g/mol. The normalized spacial score (nSPS) is 14.7. The highest BCUT2D eigenvalue weighted by molar-refractivity contribution is 7.45. The Morgan fingerprint density at radius 1 is 0.708 bits per heavy atom. The summed E-state index contributed by atoms with van der Waals surface area (Å²) in [7, 11) is 1.27. The number of allylic oxidation sites excluding steroid dienone is 1. The van der Waals surface area contributed by atoms with Crippen LogP contribution in [0.2, 0.25) is 0 Å². The molecule has 286 valence electrons. The van der Waals surface area contributed by atoms with Gasteiger partial charge in [0.15, 0.2) is 0 Å². The summed E-state index contributed by atoms with van der Waals surface area (Å²) in [6, 6.07) is -0.877. The second-order valence-electron chi connectivity index (χ2n) is 15.0. The number of rotatable bonds is 36. The maximum absolute atomic E-state index is 12.8. The minimum absolute atomic E-state index is 0.00173. The third-order valence-corrected chi connectivity index (χ3v) is 9.96. The van der Waals surface area contributed by atoms with Gasteiger partial charge >= 0.3 is 0 Å². The number of nitrogens with one attached hydrogen (secondary N) is 1. The zero-order valence-electron chi connectivity index (χ0n) is 32.2. The van der Waals surface area contributed by atoms with E-state index >= 15 is 0 Å². The van der Waals surface area contributed by atoms with E-state index in [1.807, 2.05) is 27.2 Å². The first-order valence-electron chi connectivity index (χ1n) is 20.1. The van der Waals surface area contributed by atoms with Crippen LogP contribution in [0.15, 0.2) is 12.2 Å². The van der Waals surface area contributed by atoms with E-state index < -0.39 is 20.0 Å². The number of phosphoric acid groups is 1. The second kappa shape index (κ2) is 32.2. The Balaban J connectivity index is 4.49. The van der Waals surface area contributed by atoms with E-state index in [-0.39, 0.29) is 19.1 Å². The largest absolute Gasteiger partial charge is 0.756 e. The van der Waals surface area contributed by atoms with E-state index in [9.17, 15) is 19.4 Å². The van der Waals surface area contributed by atoms with Gasteiger partial charge in [0.25, 0.3) is 7.82 Å². The van der Waals surface area contributed by atoms with Crippen LogP contribution in [-0.4, -0.2) is 68.5 Å². The number of aliphatic hydroxyl groups excluding tert-OH is 1. The molecular weight excluding hydrogens is 623 g/mol. The van der Waals surface area contributed by atoms with E-state index in [0.717, 1.165) is 38.5 Å². The van der Waals surface area contributed by atoms with Crippen LogP contribution in [0.1, 0.15) is 181 Å². The number of carbonyl (C=O) groups is 1. The van der Waals surface area contributed by atoms with Crippen molar-refractivity contribution in [3.63, 3.8) is 0 Å². The van der Waals surface area contributed by atoms with Crippen molar-refractivity contribution >= 4 is 13.7 Å². The van der Waals surface area contributed by atoms with Crippen LogP contribution >= 0.6 is 7.82 Å². The fraction of sp³-hybridized carbons (Fsp3) is 0.923. The highest BCUT2D eigenvalue weighted by atomic mass is 31.2. The Morgan fingerprint density at radius 3 is 1.56 bits per heavy atom. The molecule has 1 amide bonds. The van der Waals surface area contributed by atoms with Crippen molar-refractivity contribution in [1.29, 1.82) is 0 Å². The van der Waals surface area contributed by atoms with Gasteiger partial charge in [-0.3, -0.25) is 9.36 Å². The first-order chi connectivity index (χ1) is 23.0. The van der Waals surface area contributed by atoms with Gasteiger partial charge in [-0.05, 0) is 19.3 Å². The van der Waals surface area contributed by atoms with Crippen LogP contribution < -0.4 is 10.2 Å². The van der Waals surface area contributed by atoms with Crippen molar-refractivity contribution in [2.45, 2.75) is 193 Å². The minimum atomic E-state index is -4.57. The molecule has 0 fully saturated rings. The molecule has 0 radical (unpaired) electrons. The molecule has 0 bridgehead atoms. The minimum Gasteiger partial charge on any atom is -0.756 e. The first-order valence-corrected chi connectivity index (χ1v) is 21.5. The maximum atomic E-state index is 12.8. The van der Waals surface area contributed by atoms with Crippen LogP contribution in [0.5, 0.6) is 0 Å². The van der Waals surface area contributed by atoms with Crippen LogP contribution in [0, 0.1) is 0 Å². The number of amides is 1. The van der Waals surface area contributed by atoms with Crippen molar-refractivity contribution in [2.24, 2.45) is 0 Å². The number of likely N-dealkylation sites (N-methyl/N-ethyl adjacent to an activating group) is 1. The number of aliphatic hydroxyl groups is 1. The lowest BCUT2D eigenvalue weighted by Crippen LogP contribution is -2.45. The number of nitrogens with zero attached hydrogens (tertiary/aromatic N) is 1. The second-order valence-corrected chi connectivity index (χ2v) is 16.4. The molecule has 48 heavy (non-hydrogen) atoms. The number of phosphoric ester groups is 1. The van der Waals surface area contributed by atoms with Crippen molar-refractivity contribution in [1.82, 2.24) is 5.32 Å². The monoisotopic (exact) mass is 703 g/mol. The van der Waals surface area contributed by atoms with Crippen molar-refractivity contribution in [3.05, 3.63) is 12.2 Å². The highest BCUT2D eigenvalue weighted by Crippen LogP contribution is 2.38. The van der Waals surface area contributed by atoms with Crippen molar-refractivity contribution < 1.29 is 32.9 Å². The highest BCUT2D eigenvalue weighted by Gasteiger charge is 2.23. The molecular formula is C39H79N2O6P. The fourth-order valence-corrected chi connectivity index (χ4v) is 6.46. The number of hydrogen-bond donors (Lipinski definition) is 2. The lowest BCUT2D eigenvalue weighted by Gasteiger charge is -2.29. The third kappa shape index (κ3) is 33.7. The predicted octanol–water partition coefficient (Wildman–Crippen LogP) is 9.78. The van der Waals surface area contributed by atoms with Gasteiger partial charge in [-0.15, -0.1) is 0 Å². The van der Waals surface area contributed by atoms with Crippen LogP contribution in [0.25, 0.3) is 0 Å². The molecule has 3 unspecified atom stereocenters. The molecule has 0 aliphatic carbocycles. The van der Waals surface area contributed by atoms with Crippen LogP contribution in [0.3, 0.4) is 0 Å². The number of carbonyl (C=O) groups excluding carboxylic acids is 1.